The Hall–Kier alpha value is -2.39. The van der Waals surface area contributed by atoms with Gasteiger partial charge < -0.3 is 9.47 Å². The van der Waals surface area contributed by atoms with Gasteiger partial charge in [0.05, 0.1) is 0 Å². The summed E-state index contributed by atoms with van der Waals surface area (Å²) in [4.78, 5) is 6.82. The van der Waals surface area contributed by atoms with E-state index >= 15 is 0 Å². The highest BCUT2D eigenvalue weighted by molar-refractivity contribution is 5.87. The first-order valence-corrected chi connectivity index (χ1v) is 8.90. The topological polar surface area (TPSA) is 21.1 Å². The van der Waals surface area contributed by atoms with Crippen LogP contribution in [0, 0.1) is 13.8 Å². The maximum absolute atomic E-state index is 4.40. The van der Waals surface area contributed by atoms with Crippen LogP contribution in [0.25, 0.3) is 17.0 Å². The summed E-state index contributed by atoms with van der Waals surface area (Å²) in [6, 6.07) is 11.0. The van der Waals surface area contributed by atoms with Crippen LogP contribution >= 0.6 is 0 Å². The number of nitrogens with zero attached hydrogens (tertiary/aromatic N) is 3. The van der Waals surface area contributed by atoms with E-state index in [9.17, 15) is 0 Å². The summed E-state index contributed by atoms with van der Waals surface area (Å²) in [6.45, 7) is 6.26. The highest BCUT2D eigenvalue weighted by Gasteiger charge is 2.27. The third-order valence-electron chi connectivity index (χ3n) is 5.25. The lowest BCUT2D eigenvalue weighted by Crippen LogP contribution is -2.30. The third-order valence-corrected chi connectivity index (χ3v) is 5.25. The lowest BCUT2D eigenvalue weighted by Gasteiger charge is -2.29. The number of aromatic nitrogens is 2. The molecule has 2 aromatic heterocycles. The molecule has 3 aromatic rings. The van der Waals surface area contributed by atoms with Crippen LogP contribution in [0.2, 0.25) is 0 Å². The van der Waals surface area contributed by atoms with E-state index in [1.54, 1.807) is 0 Å². The highest BCUT2D eigenvalue weighted by atomic mass is 15.1. The molecule has 0 spiro atoms. The van der Waals surface area contributed by atoms with Gasteiger partial charge in [0.2, 0.25) is 0 Å². The second kappa shape index (κ2) is 6.16. The standard InChI is InChI=1S/C22H25N3/c1-15-5-10-21-19(11-15)20-14-24(3)13-18(22(20)25(21)4)9-8-17-7-6-16(2)23-12-17/h5-12,18H,13-14H2,1-4H3. The van der Waals surface area contributed by atoms with Crippen LogP contribution in [0.3, 0.4) is 0 Å². The van der Waals surface area contributed by atoms with Crippen molar-refractivity contribution < 1.29 is 0 Å². The zero-order chi connectivity index (χ0) is 17.6. The molecule has 0 aliphatic carbocycles. The van der Waals surface area contributed by atoms with Gasteiger partial charge in [-0.1, -0.05) is 29.8 Å². The van der Waals surface area contributed by atoms with Crippen LogP contribution in [-0.2, 0) is 13.6 Å². The van der Waals surface area contributed by atoms with E-state index in [-0.39, 0.29) is 0 Å². The Morgan fingerprint density at radius 1 is 1.12 bits per heavy atom. The van der Waals surface area contributed by atoms with Gasteiger partial charge in [-0.2, -0.15) is 0 Å². The van der Waals surface area contributed by atoms with Gasteiger partial charge >= 0.3 is 0 Å². The van der Waals surface area contributed by atoms with Crippen molar-refractivity contribution in [2.45, 2.75) is 26.3 Å². The van der Waals surface area contributed by atoms with Crippen molar-refractivity contribution in [1.29, 1.82) is 0 Å². The summed E-state index contributed by atoms with van der Waals surface area (Å²) in [7, 11) is 4.42. The molecule has 0 saturated carbocycles. The monoisotopic (exact) mass is 331 g/mol. The van der Waals surface area contributed by atoms with Gasteiger partial charge in [0.15, 0.2) is 0 Å². The van der Waals surface area contributed by atoms with Gasteiger partial charge in [-0.25, -0.2) is 0 Å². The minimum absolute atomic E-state index is 0.396. The van der Waals surface area contributed by atoms with Crippen molar-refractivity contribution in [3.8, 4) is 0 Å². The Bertz CT molecular complexity index is 948. The minimum Gasteiger partial charge on any atom is -0.347 e. The van der Waals surface area contributed by atoms with E-state index in [1.165, 1.54) is 27.7 Å². The van der Waals surface area contributed by atoms with Crippen molar-refractivity contribution in [3.63, 3.8) is 0 Å². The molecule has 0 radical (unpaired) electrons. The highest BCUT2D eigenvalue weighted by Crippen LogP contribution is 2.36. The van der Waals surface area contributed by atoms with E-state index in [0.717, 1.165) is 24.3 Å². The SMILES string of the molecule is Cc1ccc2c(c1)c1c(n2C)C(C=Cc2ccc(C)nc2)CN(C)C1. The van der Waals surface area contributed by atoms with Crippen molar-refractivity contribution in [2.75, 3.05) is 13.6 Å². The second-order valence-electron chi connectivity index (χ2n) is 7.34. The average Bonchev–Trinajstić information content (AvgIpc) is 2.86. The molecular weight excluding hydrogens is 306 g/mol. The normalized spacial score (nSPS) is 18.2. The van der Waals surface area contributed by atoms with Crippen molar-refractivity contribution >= 4 is 17.0 Å². The lowest BCUT2D eigenvalue weighted by atomic mass is 9.94. The fraction of sp³-hybridized carbons (Fsp3) is 0.318. The third kappa shape index (κ3) is 2.89. The summed E-state index contributed by atoms with van der Waals surface area (Å²) in [6.07, 6.45) is 6.50. The molecule has 128 valence electrons. The van der Waals surface area contributed by atoms with Crippen LogP contribution < -0.4 is 0 Å². The average molecular weight is 331 g/mol. The van der Waals surface area contributed by atoms with E-state index in [1.807, 2.05) is 13.1 Å². The maximum atomic E-state index is 4.40. The first kappa shape index (κ1) is 16.1. The molecule has 0 N–H and O–H groups in total. The zero-order valence-electron chi connectivity index (χ0n) is 15.5. The fourth-order valence-electron chi connectivity index (χ4n) is 4.01. The Morgan fingerprint density at radius 2 is 1.96 bits per heavy atom. The quantitative estimate of drug-likeness (QED) is 0.692. The maximum Gasteiger partial charge on any atom is 0.0483 e. The predicted molar refractivity (Wildman–Crippen MR) is 105 cm³/mol. The minimum atomic E-state index is 0.396. The van der Waals surface area contributed by atoms with Gasteiger partial charge in [-0.05, 0) is 50.2 Å². The molecule has 1 aromatic carbocycles. The molecule has 25 heavy (non-hydrogen) atoms. The molecule has 4 rings (SSSR count). The molecule has 0 bridgehead atoms. The van der Waals surface area contributed by atoms with Gasteiger partial charge in [0.25, 0.3) is 0 Å². The Balaban J connectivity index is 1.78. The Labute approximate surface area is 149 Å². The summed E-state index contributed by atoms with van der Waals surface area (Å²) >= 11 is 0. The molecule has 0 fully saturated rings. The molecule has 3 heteroatoms. The molecule has 1 atom stereocenters. The summed E-state index contributed by atoms with van der Waals surface area (Å²) in [5.41, 5.74) is 7.81. The van der Waals surface area contributed by atoms with Crippen molar-refractivity contribution in [1.82, 2.24) is 14.5 Å². The number of benzene rings is 1. The van der Waals surface area contributed by atoms with E-state index in [0.29, 0.717) is 5.92 Å². The molecule has 0 saturated heterocycles. The Morgan fingerprint density at radius 3 is 2.72 bits per heavy atom. The lowest BCUT2D eigenvalue weighted by molar-refractivity contribution is 0.295. The number of pyridine rings is 1. The molecule has 3 nitrogen and oxygen atoms in total. The second-order valence-corrected chi connectivity index (χ2v) is 7.34. The molecular formula is C22H25N3. The van der Waals surface area contributed by atoms with E-state index in [2.05, 4.69) is 78.0 Å². The predicted octanol–water partition coefficient (Wildman–Crippen LogP) is 4.43. The molecule has 1 aliphatic rings. The Kier molecular flexibility index (Phi) is 3.97. The number of rotatable bonds is 2. The van der Waals surface area contributed by atoms with Gasteiger partial charge in [0.1, 0.15) is 0 Å². The van der Waals surface area contributed by atoms with E-state index < -0.39 is 0 Å². The van der Waals surface area contributed by atoms with E-state index in [4.69, 9.17) is 0 Å². The molecule has 3 heterocycles. The smallest absolute Gasteiger partial charge is 0.0483 e. The van der Waals surface area contributed by atoms with Gasteiger partial charge in [-0.15, -0.1) is 0 Å². The molecule has 1 aliphatic heterocycles. The summed E-state index contributed by atoms with van der Waals surface area (Å²) < 4.78 is 2.39. The van der Waals surface area contributed by atoms with Crippen molar-refractivity contribution in [2.24, 2.45) is 7.05 Å². The van der Waals surface area contributed by atoms with Crippen LogP contribution in [0.1, 0.15) is 34.0 Å². The zero-order valence-corrected chi connectivity index (χ0v) is 15.5. The van der Waals surface area contributed by atoms with Gasteiger partial charge in [0, 0.05) is 54.5 Å². The summed E-state index contributed by atoms with van der Waals surface area (Å²) in [5.74, 6) is 0.396. The van der Waals surface area contributed by atoms with Crippen LogP contribution in [0.5, 0.6) is 0 Å². The van der Waals surface area contributed by atoms with Crippen LogP contribution in [0.4, 0.5) is 0 Å². The fourth-order valence-corrected chi connectivity index (χ4v) is 4.01. The molecule has 0 amide bonds. The molecule has 1 unspecified atom stereocenters. The number of hydrogen-bond acceptors (Lipinski definition) is 2. The number of hydrogen-bond donors (Lipinski definition) is 0. The summed E-state index contributed by atoms with van der Waals surface area (Å²) in [5, 5.41) is 1.40. The number of fused-ring (bicyclic) bond motifs is 3. The largest absolute Gasteiger partial charge is 0.347 e. The number of aryl methyl sites for hydroxylation is 3. The first-order valence-electron chi connectivity index (χ1n) is 8.90. The van der Waals surface area contributed by atoms with Crippen LogP contribution in [-0.4, -0.2) is 28.0 Å². The van der Waals surface area contributed by atoms with Gasteiger partial charge in [-0.3, -0.25) is 4.98 Å². The number of likely N-dealkylation sites (N-methyl/N-ethyl adjacent to an activating group) is 1. The first-order chi connectivity index (χ1) is 12.0. The van der Waals surface area contributed by atoms with Crippen molar-refractivity contribution in [3.05, 3.63) is 70.7 Å². The van der Waals surface area contributed by atoms with Crippen LogP contribution in [0.15, 0.2) is 42.6 Å².